The molecule has 4 rings (SSSR count). The van der Waals surface area contributed by atoms with Gasteiger partial charge in [0.15, 0.2) is 0 Å². The summed E-state index contributed by atoms with van der Waals surface area (Å²) in [6.45, 7) is 5.66. The molecule has 0 bridgehead atoms. The molecule has 1 atom stereocenters. The highest BCUT2D eigenvalue weighted by molar-refractivity contribution is 6.33. The molecule has 2 aliphatic rings. The normalized spacial score (nSPS) is 22.3. The van der Waals surface area contributed by atoms with Crippen LogP contribution in [0.5, 0.6) is 0 Å². The summed E-state index contributed by atoms with van der Waals surface area (Å²) >= 11 is 6.57. The van der Waals surface area contributed by atoms with Crippen molar-refractivity contribution in [3.63, 3.8) is 0 Å². The maximum Gasteiger partial charge on any atom is 0.126 e. The fourth-order valence-corrected chi connectivity index (χ4v) is 5.27. The van der Waals surface area contributed by atoms with Crippen molar-refractivity contribution in [1.29, 1.82) is 0 Å². The summed E-state index contributed by atoms with van der Waals surface area (Å²) in [6, 6.07) is 12.0. The minimum absolute atomic E-state index is 0.391. The minimum atomic E-state index is 0.391. The summed E-state index contributed by atoms with van der Waals surface area (Å²) in [6.07, 6.45) is 8.59. The molecule has 2 heterocycles. The largest absolute Gasteiger partial charge is 0.385 e. The molecule has 6 nitrogen and oxygen atoms in total. The standard InChI is InChI=1S/C27H39ClN4O2/c1-19(18-33-2)31-22-6-8-23(9-7-22)32-27-15-25(26(28)17-30-27)21-4-3-5-24(14-21)29-16-20-10-12-34-13-11-20/h3-5,14-15,17,19-20,22-23,29,31H,6-13,16,18H2,1-2H3,(H,30,32)/t19-,22?,23?/m0/s1. The summed E-state index contributed by atoms with van der Waals surface area (Å²) in [4.78, 5) is 4.57. The molecular formula is C27H39ClN4O2. The minimum Gasteiger partial charge on any atom is -0.385 e. The van der Waals surface area contributed by atoms with Gasteiger partial charge in [-0.3, -0.25) is 0 Å². The van der Waals surface area contributed by atoms with Crippen LogP contribution in [-0.2, 0) is 9.47 Å². The van der Waals surface area contributed by atoms with Crippen LogP contribution in [0.2, 0.25) is 5.02 Å². The number of rotatable bonds is 10. The fraction of sp³-hybridized carbons (Fsp3) is 0.593. The lowest BCUT2D eigenvalue weighted by molar-refractivity contribution is 0.0699. The molecule has 1 aliphatic carbocycles. The third-order valence-electron chi connectivity index (χ3n) is 6.98. The van der Waals surface area contributed by atoms with Gasteiger partial charge in [0, 0.05) is 62.4 Å². The van der Waals surface area contributed by atoms with Crippen LogP contribution < -0.4 is 16.0 Å². The molecule has 0 unspecified atom stereocenters. The van der Waals surface area contributed by atoms with Crippen LogP contribution >= 0.6 is 11.6 Å². The molecule has 1 aromatic carbocycles. The molecule has 0 amide bonds. The second-order valence-electron chi connectivity index (χ2n) is 9.78. The van der Waals surface area contributed by atoms with E-state index < -0.39 is 0 Å². The van der Waals surface area contributed by atoms with Crippen LogP contribution in [-0.4, -0.2) is 56.6 Å². The van der Waals surface area contributed by atoms with Gasteiger partial charge in [-0.25, -0.2) is 4.98 Å². The summed E-state index contributed by atoms with van der Waals surface area (Å²) in [7, 11) is 1.76. The predicted octanol–water partition coefficient (Wildman–Crippen LogP) is 5.59. The Morgan fingerprint density at radius 2 is 1.85 bits per heavy atom. The van der Waals surface area contributed by atoms with E-state index in [0.29, 0.717) is 29.1 Å². The Balaban J connectivity index is 1.34. The zero-order chi connectivity index (χ0) is 23.8. The average molecular weight is 487 g/mol. The maximum atomic E-state index is 6.57. The van der Waals surface area contributed by atoms with E-state index in [2.05, 4.69) is 58.2 Å². The van der Waals surface area contributed by atoms with Crippen molar-refractivity contribution in [2.75, 3.05) is 44.1 Å². The number of halogens is 1. The zero-order valence-electron chi connectivity index (χ0n) is 20.5. The van der Waals surface area contributed by atoms with Crippen LogP contribution in [0.3, 0.4) is 0 Å². The van der Waals surface area contributed by atoms with E-state index in [1.54, 1.807) is 13.3 Å². The van der Waals surface area contributed by atoms with Crippen LogP contribution in [0.1, 0.15) is 45.4 Å². The third kappa shape index (κ3) is 7.32. The highest BCUT2D eigenvalue weighted by Crippen LogP contribution is 2.32. The zero-order valence-corrected chi connectivity index (χ0v) is 21.2. The maximum absolute atomic E-state index is 6.57. The molecule has 0 radical (unpaired) electrons. The van der Waals surface area contributed by atoms with E-state index in [1.165, 1.54) is 0 Å². The second kappa shape index (κ2) is 12.7. The Morgan fingerprint density at radius 3 is 2.62 bits per heavy atom. The lowest BCUT2D eigenvalue weighted by Gasteiger charge is -2.32. The first-order valence-corrected chi connectivity index (χ1v) is 13.1. The average Bonchev–Trinajstić information content (AvgIpc) is 2.86. The van der Waals surface area contributed by atoms with Gasteiger partial charge in [0.2, 0.25) is 0 Å². The van der Waals surface area contributed by atoms with Crippen molar-refractivity contribution in [2.24, 2.45) is 5.92 Å². The van der Waals surface area contributed by atoms with Gasteiger partial charge in [0.1, 0.15) is 5.82 Å². The molecular weight excluding hydrogens is 448 g/mol. The smallest absolute Gasteiger partial charge is 0.126 e. The number of aromatic nitrogens is 1. The van der Waals surface area contributed by atoms with Crippen molar-refractivity contribution in [1.82, 2.24) is 10.3 Å². The predicted molar refractivity (Wildman–Crippen MR) is 141 cm³/mol. The number of nitrogens with zero attached hydrogens (tertiary/aromatic N) is 1. The summed E-state index contributed by atoms with van der Waals surface area (Å²) < 4.78 is 10.7. The molecule has 7 heteroatoms. The topological polar surface area (TPSA) is 67.4 Å². The van der Waals surface area contributed by atoms with Crippen molar-refractivity contribution in [3.05, 3.63) is 41.6 Å². The lowest BCUT2D eigenvalue weighted by Crippen LogP contribution is -2.42. The number of hydrogen-bond acceptors (Lipinski definition) is 6. The van der Waals surface area contributed by atoms with E-state index in [4.69, 9.17) is 21.1 Å². The third-order valence-corrected chi connectivity index (χ3v) is 7.28. The number of hydrogen-bond donors (Lipinski definition) is 3. The summed E-state index contributed by atoms with van der Waals surface area (Å²) in [5, 5.41) is 11.6. The highest BCUT2D eigenvalue weighted by atomic mass is 35.5. The van der Waals surface area contributed by atoms with Crippen LogP contribution in [0, 0.1) is 5.92 Å². The van der Waals surface area contributed by atoms with E-state index >= 15 is 0 Å². The Morgan fingerprint density at radius 1 is 1.09 bits per heavy atom. The van der Waals surface area contributed by atoms with E-state index in [0.717, 1.165) is 87.5 Å². The Labute approximate surface area is 209 Å². The van der Waals surface area contributed by atoms with E-state index in [-0.39, 0.29) is 0 Å². The number of anilines is 2. The van der Waals surface area contributed by atoms with Gasteiger partial charge in [0.25, 0.3) is 0 Å². The SMILES string of the molecule is COC[C@H](C)NC1CCC(Nc2cc(-c3cccc(NCC4CCOCC4)c3)c(Cl)cn2)CC1. The first-order chi connectivity index (χ1) is 16.6. The van der Waals surface area contributed by atoms with Gasteiger partial charge in [-0.15, -0.1) is 0 Å². The van der Waals surface area contributed by atoms with Crippen molar-refractivity contribution in [2.45, 2.75) is 63.6 Å². The molecule has 1 aliphatic heterocycles. The first-order valence-electron chi connectivity index (χ1n) is 12.7. The molecule has 0 spiro atoms. The monoisotopic (exact) mass is 486 g/mol. The van der Waals surface area contributed by atoms with Crippen LogP contribution in [0.25, 0.3) is 11.1 Å². The first kappa shape index (κ1) is 25.2. The van der Waals surface area contributed by atoms with Gasteiger partial charge >= 0.3 is 0 Å². The molecule has 2 fully saturated rings. The number of methoxy groups -OCH3 is 1. The number of ether oxygens (including phenoxy) is 2. The number of benzene rings is 1. The fourth-order valence-electron chi connectivity index (χ4n) is 5.06. The molecule has 186 valence electrons. The van der Waals surface area contributed by atoms with Crippen LogP contribution in [0.4, 0.5) is 11.5 Å². The highest BCUT2D eigenvalue weighted by Gasteiger charge is 2.22. The van der Waals surface area contributed by atoms with Gasteiger partial charge in [-0.2, -0.15) is 0 Å². The molecule has 1 saturated heterocycles. The van der Waals surface area contributed by atoms with Crippen molar-refractivity contribution in [3.8, 4) is 11.1 Å². The molecule has 1 aromatic heterocycles. The van der Waals surface area contributed by atoms with Gasteiger partial charge in [-0.05, 0) is 75.1 Å². The Hall–Kier alpha value is -1.86. The van der Waals surface area contributed by atoms with Gasteiger partial charge in [-0.1, -0.05) is 23.7 Å². The summed E-state index contributed by atoms with van der Waals surface area (Å²) in [5.74, 6) is 1.57. The molecule has 3 N–H and O–H groups in total. The Bertz CT molecular complexity index is 898. The van der Waals surface area contributed by atoms with Crippen molar-refractivity contribution >= 4 is 23.1 Å². The lowest BCUT2D eigenvalue weighted by atomic mass is 9.90. The number of pyridine rings is 1. The van der Waals surface area contributed by atoms with E-state index in [9.17, 15) is 0 Å². The van der Waals surface area contributed by atoms with E-state index in [1.807, 2.05) is 0 Å². The van der Waals surface area contributed by atoms with Gasteiger partial charge < -0.3 is 25.4 Å². The van der Waals surface area contributed by atoms with Crippen molar-refractivity contribution < 1.29 is 9.47 Å². The second-order valence-corrected chi connectivity index (χ2v) is 10.2. The Kier molecular flexibility index (Phi) is 9.45. The van der Waals surface area contributed by atoms with Gasteiger partial charge in [0.05, 0.1) is 11.6 Å². The summed E-state index contributed by atoms with van der Waals surface area (Å²) in [5.41, 5.74) is 3.24. The molecule has 2 aromatic rings. The molecule has 34 heavy (non-hydrogen) atoms. The van der Waals surface area contributed by atoms with Crippen LogP contribution in [0.15, 0.2) is 36.5 Å². The quantitative estimate of drug-likeness (QED) is 0.407. The molecule has 1 saturated carbocycles. The number of nitrogens with one attached hydrogen (secondary N) is 3.